The summed E-state index contributed by atoms with van der Waals surface area (Å²) in [4.78, 5) is 4.30. The zero-order valence-electron chi connectivity index (χ0n) is 14.0. The lowest BCUT2D eigenvalue weighted by molar-refractivity contribution is 0.282. The van der Waals surface area contributed by atoms with Gasteiger partial charge in [-0.2, -0.15) is 0 Å². The van der Waals surface area contributed by atoms with Crippen LogP contribution in [0.25, 0.3) is 0 Å². The van der Waals surface area contributed by atoms with Gasteiger partial charge in [-0.1, -0.05) is 47.5 Å². The molecule has 0 saturated carbocycles. The highest BCUT2D eigenvalue weighted by atomic mass is 35.5. The van der Waals surface area contributed by atoms with Crippen LogP contribution in [0.4, 0.5) is 0 Å². The Labute approximate surface area is 157 Å². The van der Waals surface area contributed by atoms with E-state index >= 15 is 0 Å². The van der Waals surface area contributed by atoms with Crippen molar-refractivity contribution in [3.63, 3.8) is 0 Å². The predicted octanol–water partition coefficient (Wildman–Crippen LogP) is 4.79. The molecule has 0 saturated heterocycles. The highest BCUT2D eigenvalue weighted by Crippen LogP contribution is 2.31. The maximum atomic E-state index is 6.40. The lowest BCUT2D eigenvalue weighted by Gasteiger charge is -2.21. The van der Waals surface area contributed by atoms with Gasteiger partial charge in [0.2, 0.25) is 0 Å². The maximum absolute atomic E-state index is 6.40. The van der Waals surface area contributed by atoms with Gasteiger partial charge in [-0.05, 0) is 36.2 Å². The Morgan fingerprint density at radius 1 is 1.24 bits per heavy atom. The van der Waals surface area contributed by atoms with Crippen molar-refractivity contribution < 1.29 is 9.47 Å². The van der Waals surface area contributed by atoms with E-state index in [-0.39, 0.29) is 6.04 Å². The average Bonchev–Trinajstić information content (AvgIpc) is 3.10. The average molecular weight is 379 g/mol. The molecule has 0 spiro atoms. The van der Waals surface area contributed by atoms with Crippen molar-refractivity contribution in [2.75, 3.05) is 19.8 Å². The number of benzene rings is 2. The standard InChI is InChI=1S/C19H20Cl2N2O2/c1-13-4-2-5-14(12-13)24-10-8-17(23-19-22-9-11-25-19)15-6-3-7-16(20)18(15)21/h2-7,12,17H,8-11H2,1H3,(H,22,23). The number of nitrogens with zero attached hydrogens (tertiary/aromatic N) is 1. The molecule has 0 aliphatic carbocycles. The highest BCUT2D eigenvalue weighted by molar-refractivity contribution is 6.42. The quantitative estimate of drug-likeness (QED) is 0.785. The number of ether oxygens (including phenoxy) is 2. The van der Waals surface area contributed by atoms with Crippen molar-refractivity contribution >= 4 is 29.2 Å². The first-order valence-electron chi connectivity index (χ1n) is 8.20. The maximum Gasteiger partial charge on any atom is 0.285 e. The normalized spacial score (nSPS) is 14.6. The summed E-state index contributed by atoms with van der Waals surface area (Å²) in [5.41, 5.74) is 2.07. The number of nitrogens with one attached hydrogen (secondary N) is 1. The van der Waals surface area contributed by atoms with Crippen molar-refractivity contribution in [1.82, 2.24) is 5.32 Å². The Balaban J connectivity index is 1.70. The Morgan fingerprint density at radius 2 is 2.08 bits per heavy atom. The first-order chi connectivity index (χ1) is 12.1. The van der Waals surface area contributed by atoms with Crippen LogP contribution in [0.5, 0.6) is 5.75 Å². The second-order valence-electron chi connectivity index (χ2n) is 5.83. The van der Waals surface area contributed by atoms with Crippen LogP contribution >= 0.6 is 23.2 Å². The van der Waals surface area contributed by atoms with Crippen molar-refractivity contribution in [3.05, 3.63) is 63.6 Å². The molecule has 0 aromatic heterocycles. The van der Waals surface area contributed by atoms with Gasteiger partial charge >= 0.3 is 0 Å². The molecule has 2 aromatic rings. The van der Waals surface area contributed by atoms with Crippen molar-refractivity contribution in [1.29, 1.82) is 0 Å². The molecule has 4 nitrogen and oxygen atoms in total. The first-order valence-corrected chi connectivity index (χ1v) is 8.96. The molecule has 0 fully saturated rings. The third-order valence-electron chi connectivity index (χ3n) is 3.90. The summed E-state index contributed by atoms with van der Waals surface area (Å²) in [6.45, 7) is 3.83. The summed E-state index contributed by atoms with van der Waals surface area (Å²) in [6, 6.07) is 14.0. The lowest BCUT2D eigenvalue weighted by Crippen LogP contribution is -2.30. The minimum atomic E-state index is -0.104. The Kier molecular flexibility index (Phi) is 6.05. The molecular formula is C19H20Cl2N2O2. The molecule has 132 valence electrons. The predicted molar refractivity (Wildman–Crippen MR) is 102 cm³/mol. The number of amidine groups is 1. The van der Waals surface area contributed by atoms with Crippen LogP contribution in [0.1, 0.15) is 23.6 Å². The molecule has 25 heavy (non-hydrogen) atoms. The van der Waals surface area contributed by atoms with Crippen LogP contribution in [0, 0.1) is 6.92 Å². The molecule has 6 heteroatoms. The lowest BCUT2D eigenvalue weighted by atomic mass is 10.0. The molecule has 0 bridgehead atoms. The molecular weight excluding hydrogens is 359 g/mol. The van der Waals surface area contributed by atoms with Crippen LogP contribution in [0.15, 0.2) is 47.5 Å². The van der Waals surface area contributed by atoms with E-state index in [1.165, 1.54) is 5.56 Å². The fourth-order valence-corrected chi connectivity index (χ4v) is 3.11. The second kappa shape index (κ2) is 8.45. The van der Waals surface area contributed by atoms with E-state index in [4.69, 9.17) is 32.7 Å². The van der Waals surface area contributed by atoms with Crippen molar-refractivity contribution in [2.45, 2.75) is 19.4 Å². The topological polar surface area (TPSA) is 42.8 Å². The molecule has 1 aliphatic heterocycles. The minimum absolute atomic E-state index is 0.104. The van der Waals surface area contributed by atoms with Gasteiger partial charge < -0.3 is 14.8 Å². The Hall–Kier alpha value is -1.91. The largest absolute Gasteiger partial charge is 0.493 e. The zero-order chi connectivity index (χ0) is 17.6. The number of rotatable bonds is 6. The molecule has 1 heterocycles. The van der Waals surface area contributed by atoms with E-state index in [0.717, 1.165) is 11.3 Å². The van der Waals surface area contributed by atoms with Crippen molar-refractivity contribution in [3.8, 4) is 5.75 Å². The van der Waals surface area contributed by atoms with Gasteiger partial charge in [0, 0.05) is 6.42 Å². The third-order valence-corrected chi connectivity index (χ3v) is 4.74. The van der Waals surface area contributed by atoms with Crippen LogP contribution < -0.4 is 10.1 Å². The van der Waals surface area contributed by atoms with Crippen LogP contribution in [0.3, 0.4) is 0 Å². The summed E-state index contributed by atoms with van der Waals surface area (Å²) in [7, 11) is 0. The number of aryl methyl sites for hydroxylation is 1. The van der Waals surface area contributed by atoms with Gasteiger partial charge in [0.15, 0.2) is 0 Å². The van der Waals surface area contributed by atoms with Gasteiger partial charge in [0.25, 0.3) is 6.02 Å². The summed E-state index contributed by atoms with van der Waals surface area (Å²) < 4.78 is 11.4. The first kappa shape index (κ1) is 17.9. The van der Waals surface area contributed by atoms with Crippen molar-refractivity contribution in [2.24, 2.45) is 4.99 Å². The molecule has 2 aromatic carbocycles. The van der Waals surface area contributed by atoms with E-state index in [1.54, 1.807) is 6.07 Å². The fraction of sp³-hybridized carbons (Fsp3) is 0.316. The van der Waals surface area contributed by atoms with E-state index in [0.29, 0.717) is 42.2 Å². The molecule has 1 unspecified atom stereocenters. The summed E-state index contributed by atoms with van der Waals surface area (Å²) in [6.07, 6.45) is 0.691. The smallest absolute Gasteiger partial charge is 0.285 e. The summed E-state index contributed by atoms with van der Waals surface area (Å²) in [5.74, 6) is 0.852. The Bertz CT molecular complexity index is 765. The van der Waals surface area contributed by atoms with Gasteiger partial charge in [-0.15, -0.1) is 0 Å². The van der Waals surface area contributed by atoms with E-state index < -0.39 is 0 Å². The van der Waals surface area contributed by atoms with Gasteiger partial charge in [-0.3, -0.25) is 0 Å². The Morgan fingerprint density at radius 3 is 2.84 bits per heavy atom. The van der Waals surface area contributed by atoms with Crippen LogP contribution in [0.2, 0.25) is 10.0 Å². The van der Waals surface area contributed by atoms with Gasteiger partial charge in [0.1, 0.15) is 12.4 Å². The molecule has 3 rings (SSSR count). The monoisotopic (exact) mass is 378 g/mol. The number of aliphatic imine (C=N–C) groups is 1. The third kappa shape index (κ3) is 4.80. The molecule has 1 aliphatic rings. The molecule has 0 amide bonds. The molecule has 1 atom stereocenters. The summed E-state index contributed by atoms with van der Waals surface area (Å²) in [5, 5.41) is 4.37. The van der Waals surface area contributed by atoms with E-state index in [2.05, 4.69) is 10.3 Å². The fourth-order valence-electron chi connectivity index (χ4n) is 2.67. The van der Waals surface area contributed by atoms with Gasteiger partial charge in [-0.25, -0.2) is 4.99 Å². The second-order valence-corrected chi connectivity index (χ2v) is 6.61. The number of hydrogen-bond donors (Lipinski definition) is 1. The zero-order valence-corrected chi connectivity index (χ0v) is 15.5. The van der Waals surface area contributed by atoms with E-state index in [9.17, 15) is 0 Å². The van der Waals surface area contributed by atoms with Crippen LogP contribution in [-0.2, 0) is 4.74 Å². The molecule has 0 radical (unpaired) electrons. The highest BCUT2D eigenvalue weighted by Gasteiger charge is 2.20. The van der Waals surface area contributed by atoms with Crippen LogP contribution in [-0.4, -0.2) is 25.8 Å². The summed E-state index contributed by atoms with van der Waals surface area (Å²) >= 11 is 12.6. The van der Waals surface area contributed by atoms with Gasteiger partial charge in [0.05, 0.1) is 29.2 Å². The SMILES string of the molecule is Cc1cccc(OCCC(NC2=NCCO2)c2cccc(Cl)c2Cl)c1. The number of hydrogen-bond acceptors (Lipinski definition) is 4. The van der Waals surface area contributed by atoms with E-state index in [1.807, 2.05) is 43.3 Å². The molecule has 1 N–H and O–H groups in total. The number of halogens is 2. The minimum Gasteiger partial charge on any atom is -0.493 e.